The van der Waals surface area contributed by atoms with Crippen molar-refractivity contribution in [2.24, 2.45) is 0 Å². The minimum atomic E-state index is -1.13. The van der Waals surface area contributed by atoms with Gasteiger partial charge in [-0.25, -0.2) is 14.4 Å². The third kappa shape index (κ3) is 4.14. The van der Waals surface area contributed by atoms with Gasteiger partial charge in [0.25, 0.3) is 0 Å². The number of esters is 3. The Hall–Kier alpha value is -3.36. The molecule has 0 aliphatic carbocycles. The minimum absolute atomic E-state index is 0.166. The number of rotatable bonds is 7. The van der Waals surface area contributed by atoms with E-state index in [1.807, 2.05) is 0 Å². The number of hydrogen-bond acceptors (Lipinski definition) is 7. The number of hydrogen-bond donors (Lipinski definition) is 2. The van der Waals surface area contributed by atoms with Gasteiger partial charge in [-0.05, 0) is 52.7 Å². The van der Waals surface area contributed by atoms with Crippen LogP contribution in [0.3, 0.4) is 0 Å². The molecule has 0 aliphatic heterocycles. The lowest BCUT2D eigenvalue weighted by atomic mass is 10.1. The van der Waals surface area contributed by atoms with Gasteiger partial charge in [0.05, 0.1) is 30.5 Å². The second-order valence-electron chi connectivity index (χ2n) is 6.87. The molecule has 1 atom stereocenters. The zero-order valence-corrected chi connectivity index (χ0v) is 18.1. The first-order chi connectivity index (χ1) is 14.0. The van der Waals surface area contributed by atoms with Crippen LogP contribution in [0.1, 0.15) is 78.1 Å². The summed E-state index contributed by atoms with van der Waals surface area (Å²) in [5.74, 6) is -2.37. The number of carbonyl (C=O) groups excluding carboxylic acids is 4. The molecule has 30 heavy (non-hydrogen) atoms. The highest BCUT2D eigenvalue weighted by molar-refractivity contribution is 6.05. The Morgan fingerprint density at radius 2 is 1.33 bits per heavy atom. The molecule has 0 spiro atoms. The van der Waals surface area contributed by atoms with Crippen molar-refractivity contribution in [2.45, 2.75) is 47.6 Å². The van der Waals surface area contributed by atoms with E-state index < -0.39 is 29.8 Å². The lowest BCUT2D eigenvalue weighted by Crippen LogP contribution is -2.26. The van der Waals surface area contributed by atoms with Crippen molar-refractivity contribution in [1.29, 1.82) is 0 Å². The monoisotopic (exact) mass is 418 g/mol. The number of aromatic amines is 2. The van der Waals surface area contributed by atoms with E-state index in [2.05, 4.69) is 9.97 Å². The summed E-state index contributed by atoms with van der Waals surface area (Å²) in [4.78, 5) is 55.2. The fourth-order valence-corrected chi connectivity index (χ4v) is 3.34. The third-order valence-corrected chi connectivity index (χ3v) is 4.85. The highest BCUT2D eigenvalue weighted by Gasteiger charge is 2.30. The zero-order chi connectivity index (χ0) is 22.7. The first-order valence-electron chi connectivity index (χ1n) is 9.43. The first kappa shape index (κ1) is 22.9. The smallest absolute Gasteiger partial charge is 0.355 e. The van der Waals surface area contributed by atoms with Gasteiger partial charge in [0, 0.05) is 11.4 Å². The van der Waals surface area contributed by atoms with Gasteiger partial charge >= 0.3 is 17.9 Å². The van der Waals surface area contributed by atoms with Gasteiger partial charge in [0.1, 0.15) is 5.69 Å². The van der Waals surface area contributed by atoms with Crippen molar-refractivity contribution in [3.8, 4) is 0 Å². The van der Waals surface area contributed by atoms with Crippen molar-refractivity contribution in [2.75, 3.05) is 13.7 Å². The van der Waals surface area contributed by atoms with Gasteiger partial charge in [0.15, 0.2) is 6.10 Å². The average molecular weight is 418 g/mol. The molecule has 0 saturated heterocycles. The summed E-state index contributed by atoms with van der Waals surface area (Å²) >= 11 is 0. The Kier molecular flexibility index (Phi) is 6.86. The number of ketones is 1. The predicted molar refractivity (Wildman–Crippen MR) is 107 cm³/mol. The van der Waals surface area contributed by atoms with Crippen molar-refractivity contribution in [3.05, 3.63) is 45.0 Å². The molecule has 2 rings (SSSR count). The van der Waals surface area contributed by atoms with Crippen LogP contribution in [-0.4, -0.2) is 53.5 Å². The summed E-state index contributed by atoms with van der Waals surface area (Å²) in [6.45, 7) is 9.81. The maximum Gasteiger partial charge on any atom is 0.355 e. The SMILES string of the molecule is CCOC(=O)c1[nH]c(C)c(C(=O)OC(C)C(=O)c2[nH]c(C)c(C(=O)OC)c2C)c1C. The summed E-state index contributed by atoms with van der Waals surface area (Å²) in [5, 5.41) is 0. The van der Waals surface area contributed by atoms with E-state index in [1.54, 1.807) is 34.6 Å². The molecule has 9 nitrogen and oxygen atoms in total. The fraction of sp³-hybridized carbons (Fsp3) is 0.429. The average Bonchev–Trinajstić information content (AvgIpc) is 3.15. The molecule has 0 amide bonds. The van der Waals surface area contributed by atoms with Gasteiger partial charge in [-0.1, -0.05) is 0 Å². The van der Waals surface area contributed by atoms with E-state index in [0.29, 0.717) is 22.5 Å². The molecule has 2 N–H and O–H groups in total. The second kappa shape index (κ2) is 8.98. The Morgan fingerprint density at radius 1 is 0.833 bits per heavy atom. The highest BCUT2D eigenvalue weighted by Crippen LogP contribution is 2.23. The number of aromatic nitrogens is 2. The van der Waals surface area contributed by atoms with E-state index in [-0.39, 0.29) is 29.1 Å². The molecule has 0 aliphatic rings. The molecule has 9 heteroatoms. The van der Waals surface area contributed by atoms with Gasteiger partial charge in [-0.3, -0.25) is 4.79 Å². The predicted octanol–water partition coefficient (Wildman–Crippen LogP) is 2.97. The largest absolute Gasteiger partial charge is 0.465 e. The van der Waals surface area contributed by atoms with Crippen LogP contribution in [-0.2, 0) is 14.2 Å². The first-order valence-corrected chi connectivity index (χ1v) is 9.43. The van der Waals surface area contributed by atoms with Crippen LogP contribution in [0.15, 0.2) is 0 Å². The molecule has 0 radical (unpaired) electrons. The van der Waals surface area contributed by atoms with Gasteiger partial charge in [0.2, 0.25) is 5.78 Å². The standard InChI is InChI=1S/C21H26N2O7/c1-8-29-21(27)17-10(3)15(12(5)23-17)20(26)30-13(6)18(24)16-9(2)14(11(4)22-16)19(25)28-7/h13,22-23H,8H2,1-7H3. The topological polar surface area (TPSA) is 128 Å². The molecule has 2 heterocycles. The van der Waals surface area contributed by atoms with E-state index >= 15 is 0 Å². The summed E-state index contributed by atoms with van der Waals surface area (Å²) < 4.78 is 15.1. The van der Waals surface area contributed by atoms with Crippen LogP contribution < -0.4 is 0 Å². The van der Waals surface area contributed by atoms with Gasteiger partial charge < -0.3 is 24.2 Å². The normalized spacial score (nSPS) is 11.7. The molecular formula is C21H26N2O7. The van der Waals surface area contributed by atoms with E-state index in [0.717, 1.165) is 0 Å². The molecular weight excluding hydrogens is 392 g/mol. The Morgan fingerprint density at radius 3 is 1.87 bits per heavy atom. The number of Topliss-reactive ketones (excluding diaryl/α,β-unsaturated/α-hetero) is 1. The van der Waals surface area contributed by atoms with Gasteiger partial charge in [-0.15, -0.1) is 0 Å². The molecule has 1 unspecified atom stereocenters. The summed E-state index contributed by atoms with van der Waals surface area (Å²) in [7, 11) is 1.26. The third-order valence-electron chi connectivity index (χ3n) is 4.85. The number of nitrogens with one attached hydrogen (secondary N) is 2. The van der Waals surface area contributed by atoms with E-state index in [1.165, 1.54) is 14.0 Å². The Labute approximate surface area is 174 Å². The molecule has 0 aromatic carbocycles. The zero-order valence-electron chi connectivity index (χ0n) is 18.1. The lowest BCUT2D eigenvalue weighted by molar-refractivity contribution is 0.0315. The van der Waals surface area contributed by atoms with Crippen molar-refractivity contribution >= 4 is 23.7 Å². The highest BCUT2D eigenvalue weighted by atomic mass is 16.5. The van der Waals surface area contributed by atoms with Crippen molar-refractivity contribution in [1.82, 2.24) is 9.97 Å². The number of aryl methyl sites for hydroxylation is 2. The molecule has 0 bridgehead atoms. The summed E-state index contributed by atoms with van der Waals surface area (Å²) in [5.41, 5.74) is 2.50. The van der Waals surface area contributed by atoms with Crippen LogP contribution in [0.25, 0.3) is 0 Å². The number of H-pyrrole nitrogens is 2. The molecule has 162 valence electrons. The van der Waals surface area contributed by atoms with Crippen LogP contribution in [0.4, 0.5) is 0 Å². The van der Waals surface area contributed by atoms with Crippen LogP contribution in [0.2, 0.25) is 0 Å². The number of ether oxygens (including phenoxy) is 3. The molecule has 0 fully saturated rings. The number of carbonyl (C=O) groups is 4. The maximum absolute atomic E-state index is 12.8. The Balaban J connectivity index is 2.26. The molecule has 0 saturated carbocycles. The van der Waals surface area contributed by atoms with Crippen LogP contribution in [0.5, 0.6) is 0 Å². The maximum atomic E-state index is 12.8. The van der Waals surface area contributed by atoms with Gasteiger partial charge in [-0.2, -0.15) is 0 Å². The Bertz CT molecular complexity index is 1010. The fourth-order valence-electron chi connectivity index (χ4n) is 3.34. The van der Waals surface area contributed by atoms with Crippen LogP contribution >= 0.6 is 0 Å². The quantitative estimate of drug-likeness (QED) is 0.402. The minimum Gasteiger partial charge on any atom is -0.465 e. The van der Waals surface area contributed by atoms with Crippen molar-refractivity contribution < 1.29 is 33.4 Å². The lowest BCUT2D eigenvalue weighted by Gasteiger charge is -2.13. The van der Waals surface area contributed by atoms with Crippen molar-refractivity contribution in [3.63, 3.8) is 0 Å². The summed E-state index contributed by atoms with van der Waals surface area (Å²) in [6, 6.07) is 0. The number of methoxy groups -OCH3 is 1. The summed E-state index contributed by atoms with van der Waals surface area (Å²) in [6.07, 6.45) is -1.13. The van der Waals surface area contributed by atoms with E-state index in [4.69, 9.17) is 14.2 Å². The second-order valence-corrected chi connectivity index (χ2v) is 6.87. The van der Waals surface area contributed by atoms with Crippen LogP contribution in [0, 0.1) is 27.7 Å². The van der Waals surface area contributed by atoms with E-state index in [9.17, 15) is 19.2 Å². The molecule has 2 aromatic heterocycles. The molecule has 2 aromatic rings.